The lowest BCUT2D eigenvalue weighted by atomic mass is 10.0. The molecule has 2 N–H and O–H groups in total. The van der Waals surface area contributed by atoms with Crippen molar-refractivity contribution >= 4 is 17.8 Å². The smallest absolute Gasteiger partial charge is 0.303 e. The molecule has 0 radical (unpaired) electrons. The van der Waals surface area contributed by atoms with Gasteiger partial charge in [0.1, 0.15) is 0 Å². The number of hydrogen-bond acceptors (Lipinski definition) is 4. The zero-order chi connectivity index (χ0) is 32.8. The third-order valence-electron chi connectivity index (χ3n) is 9.75. The molecule has 1 aliphatic rings. The van der Waals surface area contributed by atoms with E-state index in [1.807, 2.05) is 0 Å². The Hall–Kier alpha value is -1.63. The first kappa shape index (κ1) is 41.4. The molecule has 0 aliphatic carbocycles. The van der Waals surface area contributed by atoms with Gasteiger partial charge in [0, 0.05) is 25.9 Å². The number of hydrogen-bond donors (Lipinski definition) is 2. The molecule has 1 amide bonds. The molecule has 0 aromatic heterocycles. The van der Waals surface area contributed by atoms with Crippen LogP contribution in [0, 0.1) is 0 Å². The zero-order valence-electron chi connectivity index (χ0n) is 29.4. The van der Waals surface area contributed by atoms with Gasteiger partial charge in [-0.3, -0.25) is 19.3 Å². The van der Waals surface area contributed by atoms with Gasteiger partial charge in [-0.15, -0.1) is 0 Å². The number of likely N-dealkylation sites (tertiary alicyclic amines) is 1. The van der Waals surface area contributed by atoms with Gasteiger partial charge in [-0.1, -0.05) is 141 Å². The minimum absolute atomic E-state index is 0.0967. The summed E-state index contributed by atoms with van der Waals surface area (Å²) >= 11 is 0. The van der Waals surface area contributed by atoms with Crippen LogP contribution in [0.15, 0.2) is 0 Å². The summed E-state index contributed by atoms with van der Waals surface area (Å²) in [4.78, 5) is 38.9. The Balaban J connectivity index is 2.05. The molecule has 0 spiro atoms. The molecule has 7 heteroatoms. The second-order valence-corrected chi connectivity index (χ2v) is 13.9. The molecule has 1 atom stereocenters. The van der Waals surface area contributed by atoms with Crippen molar-refractivity contribution in [2.75, 3.05) is 26.7 Å². The number of likely N-dealkylation sites (N-methyl/N-ethyl adjacent to an activating group) is 1. The van der Waals surface area contributed by atoms with Crippen LogP contribution in [-0.4, -0.2) is 70.6 Å². The van der Waals surface area contributed by atoms with Crippen LogP contribution in [-0.2, 0) is 14.4 Å². The summed E-state index contributed by atoms with van der Waals surface area (Å²) in [5.41, 5.74) is 0. The highest BCUT2D eigenvalue weighted by atomic mass is 16.4. The zero-order valence-corrected chi connectivity index (χ0v) is 29.4. The molecule has 7 nitrogen and oxygen atoms in total. The Labute approximate surface area is 277 Å². The second-order valence-electron chi connectivity index (χ2n) is 13.9. The maximum absolute atomic E-state index is 13.4. The molecule has 0 aromatic carbocycles. The highest BCUT2D eigenvalue weighted by Gasteiger charge is 2.30. The maximum atomic E-state index is 13.4. The molecule has 1 heterocycles. The minimum atomic E-state index is -0.672. The van der Waals surface area contributed by atoms with Gasteiger partial charge in [-0.05, 0) is 52.1 Å². The lowest BCUT2D eigenvalue weighted by molar-refractivity contribution is -0.138. The fraction of sp³-hybridized carbons (Fsp3) is 0.921. The van der Waals surface area contributed by atoms with E-state index in [0.717, 1.165) is 71.0 Å². The predicted octanol–water partition coefficient (Wildman–Crippen LogP) is 10.0. The molecule has 0 unspecified atom stereocenters. The number of aliphatic carboxylic acids is 2. The van der Waals surface area contributed by atoms with Gasteiger partial charge in [-0.2, -0.15) is 0 Å². The number of carbonyl (C=O) groups is 3. The Morgan fingerprint density at radius 2 is 0.800 bits per heavy atom. The molecule has 1 saturated heterocycles. The van der Waals surface area contributed by atoms with E-state index in [2.05, 4.69) is 16.8 Å². The van der Waals surface area contributed by atoms with Crippen LogP contribution in [0.1, 0.15) is 193 Å². The molecule has 45 heavy (non-hydrogen) atoms. The van der Waals surface area contributed by atoms with Crippen LogP contribution in [0.4, 0.5) is 0 Å². The van der Waals surface area contributed by atoms with Gasteiger partial charge in [0.2, 0.25) is 5.91 Å². The van der Waals surface area contributed by atoms with Crippen molar-refractivity contribution in [1.82, 2.24) is 9.80 Å². The summed E-state index contributed by atoms with van der Waals surface area (Å²) in [5, 5.41) is 17.4. The van der Waals surface area contributed by atoms with Crippen LogP contribution in [0.5, 0.6) is 0 Å². The number of unbranched alkanes of at least 4 members (excludes halogenated alkanes) is 24. The van der Waals surface area contributed by atoms with Gasteiger partial charge in [-0.25, -0.2) is 0 Å². The number of carboxylic acids is 2. The average molecular weight is 637 g/mol. The molecule has 0 bridgehead atoms. The van der Waals surface area contributed by atoms with Gasteiger partial charge in [0.05, 0.1) is 6.04 Å². The van der Waals surface area contributed by atoms with E-state index in [1.54, 1.807) is 0 Å². The second kappa shape index (κ2) is 29.8. The van der Waals surface area contributed by atoms with Crippen molar-refractivity contribution in [3.8, 4) is 0 Å². The third kappa shape index (κ3) is 25.2. The summed E-state index contributed by atoms with van der Waals surface area (Å²) in [7, 11) is 2.11. The lowest BCUT2D eigenvalue weighted by Gasteiger charge is -2.28. The van der Waals surface area contributed by atoms with Crippen LogP contribution < -0.4 is 0 Å². The van der Waals surface area contributed by atoms with Gasteiger partial charge in [0.25, 0.3) is 0 Å². The maximum Gasteiger partial charge on any atom is 0.303 e. The van der Waals surface area contributed by atoms with E-state index in [-0.39, 0.29) is 6.04 Å². The summed E-state index contributed by atoms with van der Waals surface area (Å²) in [6.45, 7) is 2.90. The fourth-order valence-corrected chi connectivity index (χ4v) is 6.81. The van der Waals surface area contributed by atoms with Crippen LogP contribution in [0.25, 0.3) is 0 Å². The predicted molar refractivity (Wildman–Crippen MR) is 187 cm³/mol. The SMILES string of the molecule is CN1CCC[C@@H]1C(=O)N(CCCCCCCCCCCCCCCC(=O)O)CCCCCCCCCCCCCCCC(=O)O. The molecular weight excluding hydrogens is 564 g/mol. The van der Waals surface area contributed by atoms with Crippen molar-refractivity contribution in [2.45, 2.75) is 199 Å². The number of amides is 1. The number of rotatable bonds is 33. The molecule has 0 saturated carbocycles. The first-order valence-electron chi connectivity index (χ1n) is 19.3. The van der Waals surface area contributed by atoms with Crippen LogP contribution in [0.2, 0.25) is 0 Å². The van der Waals surface area contributed by atoms with Crippen molar-refractivity contribution in [3.05, 3.63) is 0 Å². The van der Waals surface area contributed by atoms with E-state index in [4.69, 9.17) is 10.2 Å². The Morgan fingerprint density at radius 1 is 0.511 bits per heavy atom. The highest BCUT2D eigenvalue weighted by molar-refractivity contribution is 5.82. The molecule has 264 valence electrons. The van der Waals surface area contributed by atoms with E-state index >= 15 is 0 Å². The van der Waals surface area contributed by atoms with E-state index in [0.29, 0.717) is 18.7 Å². The Bertz CT molecular complexity index is 687. The first-order valence-corrected chi connectivity index (χ1v) is 19.3. The summed E-state index contributed by atoms with van der Waals surface area (Å²) < 4.78 is 0. The van der Waals surface area contributed by atoms with Crippen molar-refractivity contribution < 1.29 is 24.6 Å². The standard InChI is InChI=1S/C38H72N2O5/c1-39-32-28-29-35(39)38(45)40(33-26-22-18-14-10-6-2-4-8-12-16-20-24-30-36(41)42)34-27-23-19-15-11-7-3-5-9-13-17-21-25-31-37(43)44/h35H,2-34H2,1H3,(H,41,42)(H,43,44)/t35-/m1/s1. The average Bonchev–Trinajstić information content (AvgIpc) is 3.44. The van der Waals surface area contributed by atoms with Crippen molar-refractivity contribution in [1.29, 1.82) is 0 Å². The number of carboxylic acid groups (broad SMARTS) is 2. The van der Waals surface area contributed by atoms with Gasteiger partial charge >= 0.3 is 11.9 Å². The minimum Gasteiger partial charge on any atom is -0.481 e. The van der Waals surface area contributed by atoms with Gasteiger partial charge in [0.15, 0.2) is 0 Å². The first-order chi connectivity index (χ1) is 21.9. The third-order valence-corrected chi connectivity index (χ3v) is 9.75. The lowest BCUT2D eigenvalue weighted by Crippen LogP contribution is -2.45. The van der Waals surface area contributed by atoms with Crippen molar-refractivity contribution in [2.24, 2.45) is 0 Å². The normalized spacial score (nSPS) is 15.1. The van der Waals surface area contributed by atoms with E-state index < -0.39 is 11.9 Å². The molecule has 1 aliphatic heterocycles. The quantitative estimate of drug-likeness (QED) is 0.0696. The topological polar surface area (TPSA) is 98.2 Å². The largest absolute Gasteiger partial charge is 0.481 e. The van der Waals surface area contributed by atoms with Crippen LogP contribution >= 0.6 is 0 Å². The molecule has 1 fully saturated rings. The molecule has 0 aromatic rings. The Kier molecular flexibility index (Phi) is 27.4. The summed E-state index contributed by atoms with van der Waals surface area (Å²) in [5.74, 6) is -0.970. The fourth-order valence-electron chi connectivity index (χ4n) is 6.81. The highest BCUT2D eigenvalue weighted by Crippen LogP contribution is 2.19. The monoisotopic (exact) mass is 637 g/mol. The molecule has 1 rings (SSSR count). The summed E-state index contributed by atoms with van der Waals surface area (Å²) in [6, 6.07) is 0.0967. The van der Waals surface area contributed by atoms with E-state index in [9.17, 15) is 14.4 Å². The van der Waals surface area contributed by atoms with Crippen molar-refractivity contribution in [3.63, 3.8) is 0 Å². The van der Waals surface area contributed by atoms with Crippen LogP contribution in [0.3, 0.4) is 0 Å². The number of nitrogens with zero attached hydrogens (tertiary/aromatic N) is 2. The molecular formula is C38H72N2O5. The number of carbonyl (C=O) groups excluding carboxylic acids is 1. The van der Waals surface area contributed by atoms with E-state index in [1.165, 1.54) is 128 Å². The summed E-state index contributed by atoms with van der Waals surface area (Å²) in [6.07, 6.45) is 34.4. The Morgan fingerprint density at radius 3 is 1.07 bits per heavy atom. The van der Waals surface area contributed by atoms with Gasteiger partial charge < -0.3 is 15.1 Å².